The lowest BCUT2D eigenvalue weighted by Gasteiger charge is -2.21. The molecule has 1 rings (SSSR count). The Morgan fingerprint density at radius 2 is 2.21 bits per heavy atom. The molecule has 3 nitrogen and oxygen atoms in total. The Morgan fingerprint density at radius 3 is 2.79 bits per heavy atom. The molecule has 0 unspecified atom stereocenters. The molecule has 1 aromatic carbocycles. The summed E-state index contributed by atoms with van der Waals surface area (Å²) in [7, 11) is 0. The van der Waals surface area contributed by atoms with E-state index in [4.69, 9.17) is 5.11 Å². The molecule has 106 valence electrons. The van der Waals surface area contributed by atoms with E-state index >= 15 is 0 Å². The number of hydrogen-bond acceptors (Lipinski definition) is 3. The first kappa shape index (κ1) is 15.9. The maximum absolute atomic E-state index is 12.4. The first-order chi connectivity index (χ1) is 9.08. The molecular formula is C13H17F2NO2S. The van der Waals surface area contributed by atoms with Crippen molar-refractivity contribution < 1.29 is 18.7 Å². The molecule has 0 spiro atoms. The maximum atomic E-state index is 12.4. The number of hydrogen-bond donors (Lipinski definition) is 1. The van der Waals surface area contributed by atoms with Gasteiger partial charge < -0.3 is 10.0 Å². The third-order valence-electron chi connectivity index (χ3n) is 2.50. The third-order valence-corrected chi connectivity index (χ3v) is 3.12. The van der Waals surface area contributed by atoms with Crippen molar-refractivity contribution in [3.8, 4) is 0 Å². The van der Waals surface area contributed by atoms with Gasteiger partial charge in [0.2, 0.25) is 0 Å². The predicted octanol–water partition coefficient (Wildman–Crippen LogP) is 2.25. The summed E-state index contributed by atoms with van der Waals surface area (Å²) in [4.78, 5) is 13.1. The van der Waals surface area contributed by atoms with E-state index in [-0.39, 0.29) is 13.2 Å². The van der Waals surface area contributed by atoms with Crippen LogP contribution in [0.15, 0.2) is 24.3 Å². The third kappa shape index (κ3) is 5.16. The summed E-state index contributed by atoms with van der Waals surface area (Å²) >= 11 is 1.62. The van der Waals surface area contributed by atoms with Crippen molar-refractivity contribution in [3.63, 3.8) is 0 Å². The number of halogens is 2. The quantitative estimate of drug-likeness (QED) is 0.837. The minimum Gasteiger partial charge on any atom is -0.395 e. The van der Waals surface area contributed by atoms with Gasteiger partial charge in [0.15, 0.2) is 0 Å². The van der Waals surface area contributed by atoms with Crippen LogP contribution in [-0.2, 0) is 5.75 Å². The van der Waals surface area contributed by atoms with E-state index in [0.717, 1.165) is 16.2 Å². The molecule has 0 aliphatic carbocycles. The molecular weight excluding hydrogens is 272 g/mol. The zero-order chi connectivity index (χ0) is 14.3. The number of amides is 1. The normalized spacial score (nSPS) is 10.8. The van der Waals surface area contributed by atoms with E-state index in [0.29, 0.717) is 5.56 Å². The number of benzene rings is 1. The van der Waals surface area contributed by atoms with Crippen LogP contribution in [0.4, 0.5) is 8.78 Å². The van der Waals surface area contributed by atoms with Gasteiger partial charge >= 0.3 is 0 Å². The zero-order valence-corrected chi connectivity index (χ0v) is 11.5. The maximum Gasteiger partial charge on any atom is 0.255 e. The van der Waals surface area contributed by atoms with E-state index in [1.807, 2.05) is 12.3 Å². The first-order valence-corrected chi connectivity index (χ1v) is 7.24. The van der Waals surface area contributed by atoms with Gasteiger partial charge in [-0.15, -0.1) is 0 Å². The van der Waals surface area contributed by atoms with Crippen LogP contribution in [0, 0.1) is 0 Å². The molecule has 1 amide bonds. The van der Waals surface area contributed by atoms with Crippen LogP contribution in [0.1, 0.15) is 15.9 Å². The Bertz CT molecular complexity index is 415. The Labute approximate surface area is 115 Å². The summed E-state index contributed by atoms with van der Waals surface area (Å²) in [5.41, 5.74) is 1.35. The van der Waals surface area contributed by atoms with Gasteiger partial charge in [0, 0.05) is 17.9 Å². The number of nitrogens with zero attached hydrogens (tertiary/aromatic N) is 1. The monoisotopic (exact) mass is 289 g/mol. The van der Waals surface area contributed by atoms with Crippen molar-refractivity contribution in [2.24, 2.45) is 0 Å². The first-order valence-electron chi connectivity index (χ1n) is 5.84. The Kier molecular flexibility index (Phi) is 6.80. The molecule has 0 aliphatic rings. The van der Waals surface area contributed by atoms with Crippen molar-refractivity contribution in [2.45, 2.75) is 12.2 Å². The number of aliphatic hydroxyl groups is 1. The van der Waals surface area contributed by atoms with Crippen molar-refractivity contribution in [3.05, 3.63) is 35.4 Å². The number of aliphatic hydroxyl groups excluding tert-OH is 1. The Morgan fingerprint density at radius 1 is 1.47 bits per heavy atom. The largest absolute Gasteiger partial charge is 0.395 e. The highest BCUT2D eigenvalue weighted by atomic mass is 32.2. The van der Waals surface area contributed by atoms with Crippen LogP contribution < -0.4 is 0 Å². The average molecular weight is 289 g/mol. The SMILES string of the molecule is CSCc1cccc(C(=O)N(CCO)CC(F)F)c1. The molecule has 1 aromatic rings. The second kappa shape index (κ2) is 8.12. The van der Waals surface area contributed by atoms with E-state index in [1.165, 1.54) is 0 Å². The van der Waals surface area contributed by atoms with Crippen LogP contribution >= 0.6 is 11.8 Å². The molecule has 0 atom stereocenters. The number of carbonyl (C=O) groups is 1. The van der Waals surface area contributed by atoms with Crippen LogP contribution in [0.25, 0.3) is 0 Å². The predicted molar refractivity (Wildman–Crippen MR) is 72.7 cm³/mol. The highest BCUT2D eigenvalue weighted by Gasteiger charge is 2.19. The highest BCUT2D eigenvalue weighted by molar-refractivity contribution is 7.97. The summed E-state index contributed by atoms with van der Waals surface area (Å²) in [6, 6.07) is 6.92. The summed E-state index contributed by atoms with van der Waals surface area (Å²) < 4.78 is 24.8. The summed E-state index contributed by atoms with van der Waals surface area (Å²) in [5, 5.41) is 8.84. The number of rotatable bonds is 7. The molecule has 0 heterocycles. The van der Waals surface area contributed by atoms with Gasteiger partial charge in [0.25, 0.3) is 12.3 Å². The molecule has 0 saturated carbocycles. The van der Waals surface area contributed by atoms with Gasteiger partial charge in [-0.05, 0) is 24.0 Å². The van der Waals surface area contributed by atoms with Crippen molar-refractivity contribution in [1.29, 1.82) is 0 Å². The fraction of sp³-hybridized carbons (Fsp3) is 0.462. The van der Waals surface area contributed by atoms with Crippen molar-refractivity contribution in [1.82, 2.24) is 4.90 Å². The molecule has 6 heteroatoms. The smallest absolute Gasteiger partial charge is 0.255 e. The lowest BCUT2D eigenvalue weighted by atomic mass is 10.1. The summed E-state index contributed by atoms with van der Waals surface area (Å²) in [6.45, 7) is -1.08. The number of alkyl halides is 2. The van der Waals surface area contributed by atoms with Crippen molar-refractivity contribution >= 4 is 17.7 Å². The average Bonchev–Trinajstić information content (AvgIpc) is 2.37. The lowest BCUT2D eigenvalue weighted by Crippen LogP contribution is -2.37. The van der Waals surface area contributed by atoms with E-state index in [9.17, 15) is 13.6 Å². The molecule has 0 fully saturated rings. The minimum atomic E-state index is -2.61. The second-order valence-corrected chi connectivity index (χ2v) is 4.87. The summed E-state index contributed by atoms with van der Waals surface area (Å²) in [5.74, 6) is 0.285. The van der Waals surface area contributed by atoms with Gasteiger partial charge in [0.05, 0.1) is 13.2 Å². The molecule has 19 heavy (non-hydrogen) atoms. The minimum absolute atomic E-state index is 0.0874. The number of carbonyl (C=O) groups excluding carboxylic acids is 1. The molecule has 0 bridgehead atoms. The van der Waals surface area contributed by atoms with Gasteiger partial charge in [-0.1, -0.05) is 12.1 Å². The highest BCUT2D eigenvalue weighted by Crippen LogP contribution is 2.13. The molecule has 1 N–H and O–H groups in total. The fourth-order valence-electron chi connectivity index (χ4n) is 1.71. The molecule has 0 aliphatic heterocycles. The topological polar surface area (TPSA) is 40.5 Å². The second-order valence-electron chi connectivity index (χ2n) is 4.00. The van der Waals surface area contributed by atoms with Gasteiger partial charge in [-0.2, -0.15) is 11.8 Å². The standard InChI is InChI=1S/C13H17F2NO2S/c1-19-9-10-3-2-4-11(7-10)13(18)16(5-6-17)8-12(14)15/h2-4,7,12,17H,5-6,8-9H2,1H3. The summed E-state index contributed by atoms with van der Waals surface area (Å²) in [6.07, 6.45) is -0.659. The van der Waals surface area contributed by atoms with Gasteiger partial charge in [0.1, 0.15) is 0 Å². The Balaban J connectivity index is 2.85. The zero-order valence-electron chi connectivity index (χ0n) is 10.7. The lowest BCUT2D eigenvalue weighted by molar-refractivity contribution is 0.0509. The fourth-order valence-corrected chi connectivity index (χ4v) is 2.22. The van der Waals surface area contributed by atoms with E-state index in [2.05, 4.69) is 0 Å². The molecule has 0 saturated heterocycles. The van der Waals surface area contributed by atoms with Crippen LogP contribution in [0.3, 0.4) is 0 Å². The van der Waals surface area contributed by atoms with Crippen LogP contribution in [0.5, 0.6) is 0 Å². The Hall–Kier alpha value is -1.14. The van der Waals surface area contributed by atoms with Gasteiger partial charge in [-0.3, -0.25) is 4.79 Å². The van der Waals surface area contributed by atoms with E-state index in [1.54, 1.807) is 30.0 Å². The molecule has 0 radical (unpaired) electrons. The van der Waals surface area contributed by atoms with Crippen LogP contribution in [0.2, 0.25) is 0 Å². The van der Waals surface area contributed by atoms with E-state index < -0.39 is 18.9 Å². The molecule has 0 aromatic heterocycles. The van der Waals surface area contributed by atoms with Crippen molar-refractivity contribution in [2.75, 3.05) is 26.0 Å². The van der Waals surface area contributed by atoms with Crippen LogP contribution in [-0.4, -0.2) is 48.3 Å². The van der Waals surface area contributed by atoms with Gasteiger partial charge in [-0.25, -0.2) is 8.78 Å². The number of thioether (sulfide) groups is 1.